The Labute approximate surface area is 119 Å². The summed E-state index contributed by atoms with van der Waals surface area (Å²) in [7, 11) is 4.13. The van der Waals surface area contributed by atoms with Gasteiger partial charge >= 0.3 is 0 Å². The summed E-state index contributed by atoms with van der Waals surface area (Å²) in [6, 6.07) is 6.60. The molecule has 100 valence electrons. The zero-order valence-electron chi connectivity index (χ0n) is 11.4. The van der Waals surface area contributed by atoms with Gasteiger partial charge in [-0.15, -0.1) is 6.58 Å². The highest BCUT2D eigenvalue weighted by molar-refractivity contribution is 9.10. The van der Waals surface area contributed by atoms with Crippen LogP contribution in [0, 0.1) is 0 Å². The van der Waals surface area contributed by atoms with Crippen molar-refractivity contribution in [2.45, 2.75) is 25.9 Å². The van der Waals surface area contributed by atoms with Crippen molar-refractivity contribution in [1.82, 2.24) is 10.2 Å². The zero-order chi connectivity index (χ0) is 13.4. The van der Waals surface area contributed by atoms with Crippen LogP contribution in [0.3, 0.4) is 0 Å². The number of nitrogens with one attached hydrogen (secondary N) is 1. The molecule has 0 aliphatic rings. The molecule has 0 aromatic heterocycles. The molecule has 0 unspecified atom stereocenters. The molecule has 0 fully saturated rings. The molecule has 1 aromatic carbocycles. The van der Waals surface area contributed by atoms with Crippen molar-refractivity contribution in [3.63, 3.8) is 0 Å². The minimum Gasteiger partial charge on any atom is -0.316 e. The summed E-state index contributed by atoms with van der Waals surface area (Å²) < 4.78 is 1.20. The quantitative estimate of drug-likeness (QED) is 0.583. The molecule has 1 rings (SSSR count). The highest BCUT2D eigenvalue weighted by atomic mass is 79.9. The monoisotopic (exact) mass is 310 g/mol. The van der Waals surface area contributed by atoms with E-state index >= 15 is 0 Å². The number of allylic oxidation sites excluding steroid dienone is 1. The van der Waals surface area contributed by atoms with Crippen molar-refractivity contribution in [2.75, 3.05) is 20.6 Å². The molecule has 2 nitrogen and oxygen atoms in total. The predicted octanol–water partition coefficient (Wildman–Crippen LogP) is 3.57. The maximum atomic E-state index is 3.75. The van der Waals surface area contributed by atoms with Crippen LogP contribution in [-0.4, -0.2) is 25.5 Å². The van der Waals surface area contributed by atoms with Gasteiger partial charge < -0.3 is 10.2 Å². The van der Waals surface area contributed by atoms with Crippen LogP contribution < -0.4 is 5.32 Å². The van der Waals surface area contributed by atoms with Crippen molar-refractivity contribution >= 4 is 15.9 Å². The van der Waals surface area contributed by atoms with Gasteiger partial charge in [0.05, 0.1) is 0 Å². The van der Waals surface area contributed by atoms with E-state index in [9.17, 15) is 0 Å². The van der Waals surface area contributed by atoms with E-state index in [1.54, 1.807) is 0 Å². The van der Waals surface area contributed by atoms with Gasteiger partial charge in [-0.3, -0.25) is 0 Å². The molecule has 0 aliphatic carbocycles. The first-order valence-corrected chi connectivity index (χ1v) is 7.18. The van der Waals surface area contributed by atoms with E-state index < -0.39 is 0 Å². The molecule has 0 bridgehead atoms. The first-order valence-electron chi connectivity index (χ1n) is 6.38. The van der Waals surface area contributed by atoms with Gasteiger partial charge in [-0.2, -0.15) is 0 Å². The van der Waals surface area contributed by atoms with Crippen molar-refractivity contribution in [3.05, 3.63) is 46.5 Å². The van der Waals surface area contributed by atoms with E-state index in [1.165, 1.54) is 22.0 Å². The Morgan fingerprint density at radius 3 is 2.83 bits per heavy atom. The molecule has 0 amide bonds. The summed E-state index contributed by atoms with van der Waals surface area (Å²) in [5.74, 6) is 0. The third-order valence-electron chi connectivity index (χ3n) is 2.89. The van der Waals surface area contributed by atoms with Crippen molar-refractivity contribution in [1.29, 1.82) is 0 Å². The van der Waals surface area contributed by atoms with E-state index in [2.05, 4.69) is 58.0 Å². The number of hydrogen-bond acceptors (Lipinski definition) is 2. The summed E-state index contributed by atoms with van der Waals surface area (Å²) in [5.41, 5.74) is 2.65. The Bertz CT molecular complexity index is 377. The molecule has 0 saturated carbocycles. The maximum absolute atomic E-state index is 3.75. The molecule has 0 saturated heterocycles. The number of hydrogen-bond donors (Lipinski definition) is 1. The first kappa shape index (κ1) is 15.4. The Morgan fingerprint density at radius 2 is 2.22 bits per heavy atom. The lowest BCUT2D eigenvalue weighted by atomic mass is 10.1. The summed E-state index contributed by atoms with van der Waals surface area (Å²) in [4.78, 5) is 2.35. The van der Waals surface area contributed by atoms with Gasteiger partial charge in [0.2, 0.25) is 0 Å². The van der Waals surface area contributed by atoms with Crippen LogP contribution in [0.2, 0.25) is 0 Å². The van der Waals surface area contributed by atoms with Crippen LogP contribution >= 0.6 is 15.9 Å². The number of unbranched alkanes of at least 4 members (excludes halogenated alkanes) is 1. The predicted molar refractivity (Wildman–Crippen MR) is 82.7 cm³/mol. The summed E-state index contributed by atoms with van der Waals surface area (Å²) in [5, 5.41) is 3.17. The second kappa shape index (κ2) is 8.46. The maximum Gasteiger partial charge on any atom is 0.0241 e. The molecule has 0 aliphatic heterocycles. The van der Waals surface area contributed by atoms with Crippen LogP contribution in [0.5, 0.6) is 0 Å². The smallest absolute Gasteiger partial charge is 0.0241 e. The Balaban J connectivity index is 2.53. The number of benzene rings is 1. The third kappa shape index (κ3) is 5.34. The molecule has 0 heterocycles. The second-order valence-electron chi connectivity index (χ2n) is 4.62. The van der Waals surface area contributed by atoms with Gasteiger partial charge in [-0.1, -0.05) is 34.1 Å². The summed E-state index contributed by atoms with van der Waals surface area (Å²) >= 11 is 3.66. The lowest BCUT2D eigenvalue weighted by Crippen LogP contribution is -2.19. The van der Waals surface area contributed by atoms with E-state index in [4.69, 9.17) is 0 Å². The lowest BCUT2D eigenvalue weighted by Gasteiger charge is -2.17. The largest absolute Gasteiger partial charge is 0.316 e. The minimum absolute atomic E-state index is 0.911. The standard InChI is InChI=1S/C15H23BrN2/c1-4-5-6-9-18(3)12-14-8-7-13(11-17-2)10-15(14)16/h4,7-8,10,17H,1,5-6,9,11-12H2,2-3H3. The van der Waals surface area contributed by atoms with Crippen LogP contribution in [0.4, 0.5) is 0 Å². The molecule has 3 heteroatoms. The van der Waals surface area contributed by atoms with Crippen molar-refractivity contribution in [2.24, 2.45) is 0 Å². The number of nitrogens with zero attached hydrogens (tertiary/aromatic N) is 1. The molecule has 0 spiro atoms. The summed E-state index contributed by atoms with van der Waals surface area (Å²) in [6.07, 6.45) is 4.25. The van der Waals surface area contributed by atoms with E-state index in [-0.39, 0.29) is 0 Å². The fraction of sp³-hybridized carbons (Fsp3) is 0.467. The fourth-order valence-electron chi connectivity index (χ4n) is 1.91. The molecular weight excluding hydrogens is 288 g/mol. The van der Waals surface area contributed by atoms with Crippen molar-refractivity contribution in [3.8, 4) is 0 Å². The Morgan fingerprint density at radius 1 is 1.44 bits per heavy atom. The van der Waals surface area contributed by atoms with Gasteiger partial charge in [0, 0.05) is 17.6 Å². The van der Waals surface area contributed by atoms with E-state index in [1.807, 2.05) is 13.1 Å². The summed E-state index contributed by atoms with van der Waals surface area (Å²) in [6.45, 7) is 6.75. The van der Waals surface area contributed by atoms with E-state index in [0.717, 1.165) is 26.1 Å². The molecular formula is C15H23BrN2. The topological polar surface area (TPSA) is 15.3 Å². The third-order valence-corrected chi connectivity index (χ3v) is 3.62. The average Bonchev–Trinajstić information content (AvgIpc) is 2.33. The first-order chi connectivity index (χ1) is 8.67. The highest BCUT2D eigenvalue weighted by Crippen LogP contribution is 2.20. The van der Waals surface area contributed by atoms with Crippen molar-refractivity contribution < 1.29 is 0 Å². The van der Waals surface area contributed by atoms with Gasteiger partial charge in [-0.25, -0.2) is 0 Å². The van der Waals surface area contributed by atoms with Crippen LogP contribution in [0.25, 0.3) is 0 Å². The van der Waals surface area contributed by atoms with Gasteiger partial charge in [0.1, 0.15) is 0 Å². The average molecular weight is 311 g/mol. The van der Waals surface area contributed by atoms with E-state index in [0.29, 0.717) is 0 Å². The van der Waals surface area contributed by atoms with Crippen LogP contribution in [0.1, 0.15) is 24.0 Å². The Kier molecular flexibility index (Phi) is 7.25. The van der Waals surface area contributed by atoms with Gasteiger partial charge in [0.25, 0.3) is 0 Å². The fourth-order valence-corrected chi connectivity index (χ4v) is 2.46. The molecule has 0 radical (unpaired) electrons. The normalized spacial score (nSPS) is 10.9. The molecule has 1 aromatic rings. The molecule has 1 N–H and O–H groups in total. The van der Waals surface area contributed by atoms with Crippen LogP contribution in [-0.2, 0) is 13.1 Å². The minimum atomic E-state index is 0.911. The zero-order valence-corrected chi connectivity index (χ0v) is 13.0. The SMILES string of the molecule is C=CCCCN(C)Cc1ccc(CNC)cc1Br. The van der Waals surface area contributed by atoms with Gasteiger partial charge in [0.15, 0.2) is 0 Å². The van der Waals surface area contributed by atoms with Gasteiger partial charge in [-0.05, 0) is 50.7 Å². The molecule has 18 heavy (non-hydrogen) atoms. The number of halogens is 1. The number of rotatable bonds is 8. The molecule has 0 atom stereocenters. The van der Waals surface area contributed by atoms with Crippen LogP contribution in [0.15, 0.2) is 35.3 Å². The lowest BCUT2D eigenvalue weighted by molar-refractivity contribution is 0.322. The Hall–Kier alpha value is -0.640. The highest BCUT2D eigenvalue weighted by Gasteiger charge is 2.04. The second-order valence-corrected chi connectivity index (χ2v) is 5.48.